The molecule has 1 heterocycles. The number of thioether (sulfide) groups is 1. The van der Waals surface area contributed by atoms with E-state index in [2.05, 4.69) is 39.8 Å². The second-order valence-corrected chi connectivity index (χ2v) is 8.14. The summed E-state index contributed by atoms with van der Waals surface area (Å²) in [5, 5.41) is 5.34. The summed E-state index contributed by atoms with van der Waals surface area (Å²) in [6.07, 6.45) is 7.52. The van der Waals surface area contributed by atoms with Gasteiger partial charge in [-0.2, -0.15) is 0 Å². The Balaban J connectivity index is 1.38. The third-order valence-electron chi connectivity index (χ3n) is 5.12. The molecule has 0 atom stereocenters. The second-order valence-electron chi connectivity index (χ2n) is 7.26. The number of hydrogen-bond donors (Lipinski definition) is 2. The van der Waals surface area contributed by atoms with Gasteiger partial charge in [-0.15, -0.1) is 11.8 Å². The van der Waals surface area contributed by atoms with Crippen molar-refractivity contribution in [1.29, 1.82) is 0 Å². The van der Waals surface area contributed by atoms with E-state index in [0.717, 1.165) is 30.8 Å². The van der Waals surface area contributed by atoms with Gasteiger partial charge in [-0.05, 0) is 74.3 Å². The fraction of sp³-hybridized carbons (Fsp3) is 0.391. The lowest BCUT2D eigenvalue weighted by molar-refractivity contribution is -0.136. The van der Waals surface area contributed by atoms with Gasteiger partial charge in [0.1, 0.15) is 0 Å². The molecule has 2 N–H and O–H groups in total. The number of nitrogens with one attached hydrogen (secondary N) is 2. The molecule has 29 heavy (non-hydrogen) atoms. The molecule has 2 aromatic rings. The highest BCUT2D eigenvalue weighted by Crippen LogP contribution is 2.21. The van der Waals surface area contributed by atoms with E-state index in [-0.39, 0.29) is 0 Å². The number of piperidine rings is 1. The van der Waals surface area contributed by atoms with Crippen LogP contribution < -0.4 is 15.5 Å². The minimum Gasteiger partial charge on any atom is -0.372 e. The van der Waals surface area contributed by atoms with E-state index in [9.17, 15) is 9.59 Å². The van der Waals surface area contributed by atoms with Crippen molar-refractivity contribution in [3.63, 3.8) is 0 Å². The van der Waals surface area contributed by atoms with Gasteiger partial charge in [0.15, 0.2) is 0 Å². The fourth-order valence-corrected chi connectivity index (χ4v) is 3.95. The van der Waals surface area contributed by atoms with E-state index >= 15 is 0 Å². The van der Waals surface area contributed by atoms with Gasteiger partial charge in [0.25, 0.3) is 0 Å². The molecule has 1 aliphatic rings. The summed E-state index contributed by atoms with van der Waals surface area (Å²) >= 11 is 1.59. The van der Waals surface area contributed by atoms with Crippen LogP contribution in [0.1, 0.15) is 31.2 Å². The lowest BCUT2D eigenvalue weighted by Gasteiger charge is -2.28. The topological polar surface area (TPSA) is 61.4 Å². The number of hydrogen-bond acceptors (Lipinski definition) is 4. The van der Waals surface area contributed by atoms with E-state index in [1.807, 2.05) is 24.5 Å². The largest absolute Gasteiger partial charge is 0.372 e. The molecule has 5 nitrogen and oxygen atoms in total. The van der Waals surface area contributed by atoms with Crippen molar-refractivity contribution in [1.82, 2.24) is 5.32 Å². The van der Waals surface area contributed by atoms with Gasteiger partial charge >= 0.3 is 11.8 Å². The van der Waals surface area contributed by atoms with Crippen LogP contribution in [-0.2, 0) is 16.0 Å². The van der Waals surface area contributed by atoms with E-state index in [0.29, 0.717) is 12.2 Å². The first-order chi connectivity index (χ1) is 14.2. The lowest BCUT2D eigenvalue weighted by Crippen LogP contribution is -2.36. The minimum atomic E-state index is -0.630. The average molecular weight is 412 g/mol. The molecule has 0 saturated carbocycles. The van der Waals surface area contributed by atoms with E-state index in [4.69, 9.17) is 0 Å². The molecule has 1 saturated heterocycles. The van der Waals surface area contributed by atoms with Gasteiger partial charge in [-0.1, -0.05) is 18.2 Å². The summed E-state index contributed by atoms with van der Waals surface area (Å²) in [6.45, 7) is 2.77. The van der Waals surface area contributed by atoms with Crippen LogP contribution in [0.3, 0.4) is 0 Å². The maximum Gasteiger partial charge on any atom is 0.313 e. The molecule has 6 heteroatoms. The Labute approximate surface area is 177 Å². The van der Waals surface area contributed by atoms with Gasteiger partial charge in [0.2, 0.25) is 0 Å². The average Bonchev–Trinajstić information content (AvgIpc) is 2.77. The predicted octanol–water partition coefficient (Wildman–Crippen LogP) is 4.09. The summed E-state index contributed by atoms with van der Waals surface area (Å²) in [5.74, 6) is -1.23. The maximum absolute atomic E-state index is 12.0. The Morgan fingerprint density at radius 1 is 1.00 bits per heavy atom. The van der Waals surface area contributed by atoms with Gasteiger partial charge in [-0.25, -0.2) is 0 Å². The molecule has 1 fully saturated rings. The molecule has 0 spiro atoms. The molecule has 2 amide bonds. The van der Waals surface area contributed by atoms with Crippen LogP contribution in [-0.4, -0.2) is 37.7 Å². The number of aryl methyl sites for hydroxylation is 1. The summed E-state index contributed by atoms with van der Waals surface area (Å²) in [7, 11) is 0. The number of amides is 2. The minimum absolute atomic E-state index is 0.477. The van der Waals surface area contributed by atoms with E-state index in [1.165, 1.54) is 30.5 Å². The first-order valence-electron chi connectivity index (χ1n) is 10.2. The van der Waals surface area contributed by atoms with Crippen molar-refractivity contribution in [3.05, 3.63) is 54.1 Å². The number of carbonyl (C=O) groups excluding carboxylic acids is 2. The van der Waals surface area contributed by atoms with Gasteiger partial charge < -0.3 is 15.5 Å². The number of carbonyl (C=O) groups is 2. The van der Waals surface area contributed by atoms with Crippen molar-refractivity contribution >= 4 is 35.0 Å². The normalized spacial score (nSPS) is 13.8. The Morgan fingerprint density at radius 3 is 2.48 bits per heavy atom. The molecule has 0 aliphatic carbocycles. The highest BCUT2D eigenvalue weighted by atomic mass is 32.2. The quantitative estimate of drug-likeness (QED) is 0.409. The number of benzene rings is 2. The van der Waals surface area contributed by atoms with E-state index in [1.54, 1.807) is 17.8 Å². The third kappa shape index (κ3) is 6.53. The molecule has 0 radical (unpaired) electrons. The molecule has 154 valence electrons. The van der Waals surface area contributed by atoms with Crippen LogP contribution >= 0.6 is 11.8 Å². The zero-order valence-corrected chi connectivity index (χ0v) is 17.8. The number of rotatable bonds is 7. The summed E-state index contributed by atoms with van der Waals surface area (Å²) in [6, 6.07) is 16.1. The fourth-order valence-electron chi connectivity index (χ4n) is 3.49. The van der Waals surface area contributed by atoms with Crippen LogP contribution in [0, 0.1) is 0 Å². The van der Waals surface area contributed by atoms with Crippen LogP contribution in [0.2, 0.25) is 0 Å². The molecule has 0 aromatic heterocycles. The second kappa shape index (κ2) is 10.9. The number of anilines is 2. The first-order valence-corrected chi connectivity index (χ1v) is 11.5. The smallest absolute Gasteiger partial charge is 0.313 e. The lowest BCUT2D eigenvalue weighted by atomic mass is 10.1. The summed E-state index contributed by atoms with van der Waals surface area (Å²) in [5.41, 5.74) is 3.17. The zero-order valence-electron chi connectivity index (χ0n) is 16.9. The van der Waals surface area contributed by atoms with Crippen LogP contribution in [0.4, 0.5) is 11.4 Å². The third-order valence-corrected chi connectivity index (χ3v) is 5.84. The SMILES string of the molecule is CSc1cccc(NC(=O)C(=O)NCCCc2ccc(N3CCCCC3)cc2)c1. The van der Waals surface area contributed by atoms with Gasteiger partial charge in [-0.3, -0.25) is 9.59 Å². The monoisotopic (exact) mass is 411 g/mol. The summed E-state index contributed by atoms with van der Waals surface area (Å²) < 4.78 is 0. The molecular weight excluding hydrogens is 382 g/mol. The van der Waals surface area contributed by atoms with Crippen molar-refractivity contribution in [2.24, 2.45) is 0 Å². The highest BCUT2D eigenvalue weighted by Gasteiger charge is 2.13. The van der Waals surface area contributed by atoms with Crippen LogP contribution in [0.15, 0.2) is 53.4 Å². The standard InChI is InChI=1S/C23H29N3O2S/c1-29-21-9-5-8-19(17-21)25-23(28)22(27)24-14-6-7-18-10-12-20(13-11-18)26-15-3-2-4-16-26/h5,8-13,17H,2-4,6-7,14-16H2,1H3,(H,24,27)(H,25,28). The van der Waals surface area contributed by atoms with Crippen LogP contribution in [0.25, 0.3) is 0 Å². The molecule has 0 bridgehead atoms. The zero-order chi connectivity index (χ0) is 20.5. The Morgan fingerprint density at radius 2 is 1.76 bits per heavy atom. The van der Waals surface area contributed by atoms with Crippen molar-refractivity contribution in [2.75, 3.05) is 36.1 Å². The molecule has 0 unspecified atom stereocenters. The van der Waals surface area contributed by atoms with Gasteiger partial charge in [0.05, 0.1) is 0 Å². The van der Waals surface area contributed by atoms with Crippen molar-refractivity contribution in [2.45, 2.75) is 37.0 Å². The highest BCUT2D eigenvalue weighted by molar-refractivity contribution is 7.98. The van der Waals surface area contributed by atoms with Crippen molar-refractivity contribution < 1.29 is 9.59 Å². The summed E-state index contributed by atoms with van der Waals surface area (Å²) in [4.78, 5) is 27.5. The Hall–Kier alpha value is -2.47. The molecule has 1 aliphatic heterocycles. The van der Waals surface area contributed by atoms with Crippen LogP contribution in [0.5, 0.6) is 0 Å². The maximum atomic E-state index is 12.0. The Bertz CT molecular complexity index is 817. The molecule has 2 aromatic carbocycles. The van der Waals surface area contributed by atoms with E-state index < -0.39 is 11.8 Å². The van der Waals surface area contributed by atoms with Crippen molar-refractivity contribution in [3.8, 4) is 0 Å². The molecule has 3 rings (SSSR count). The van der Waals surface area contributed by atoms with Gasteiger partial charge in [0, 0.05) is 35.9 Å². The predicted molar refractivity (Wildman–Crippen MR) is 121 cm³/mol. The number of nitrogens with zero attached hydrogens (tertiary/aromatic N) is 1. The first kappa shape index (κ1) is 21.2. The Kier molecular flexibility index (Phi) is 7.99. The molecular formula is C23H29N3O2S.